The number of ether oxygens (including phenoxy) is 1. The number of hydrazone groups is 1. The van der Waals surface area contributed by atoms with Crippen LogP contribution in [0, 0.1) is 13.8 Å². The van der Waals surface area contributed by atoms with Crippen LogP contribution in [0.4, 0.5) is 5.95 Å². The first-order chi connectivity index (χ1) is 10.1. The SMILES string of the molecule is COC(=O)c1ccc(C=NNc2nc(C)cc(C)n2)cc1. The largest absolute Gasteiger partial charge is 0.465 e. The Morgan fingerprint density at radius 2 is 1.81 bits per heavy atom. The second kappa shape index (κ2) is 6.60. The number of carbonyl (C=O) groups excluding carboxylic acids is 1. The summed E-state index contributed by atoms with van der Waals surface area (Å²) in [6, 6.07) is 8.81. The molecule has 0 atom stereocenters. The van der Waals surface area contributed by atoms with Gasteiger partial charge >= 0.3 is 5.97 Å². The third-order valence-electron chi connectivity index (χ3n) is 2.69. The molecule has 0 saturated heterocycles. The first-order valence-electron chi connectivity index (χ1n) is 6.38. The lowest BCUT2D eigenvalue weighted by molar-refractivity contribution is 0.0600. The van der Waals surface area contributed by atoms with Gasteiger partial charge in [0.25, 0.3) is 0 Å². The zero-order chi connectivity index (χ0) is 15.2. The number of anilines is 1. The second-order valence-corrected chi connectivity index (χ2v) is 4.46. The summed E-state index contributed by atoms with van der Waals surface area (Å²) in [7, 11) is 1.35. The van der Waals surface area contributed by atoms with Crippen molar-refractivity contribution in [1.29, 1.82) is 0 Å². The molecule has 0 aliphatic heterocycles. The van der Waals surface area contributed by atoms with Crippen molar-refractivity contribution in [3.63, 3.8) is 0 Å². The molecule has 0 amide bonds. The van der Waals surface area contributed by atoms with Crippen LogP contribution in [0.3, 0.4) is 0 Å². The molecule has 0 bridgehead atoms. The van der Waals surface area contributed by atoms with E-state index in [0.717, 1.165) is 17.0 Å². The zero-order valence-electron chi connectivity index (χ0n) is 12.1. The van der Waals surface area contributed by atoms with Gasteiger partial charge in [-0.1, -0.05) is 12.1 Å². The fourth-order valence-electron chi connectivity index (χ4n) is 1.76. The summed E-state index contributed by atoms with van der Waals surface area (Å²) >= 11 is 0. The monoisotopic (exact) mass is 284 g/mol. The highest BCUT2D eigenvalue weighted by atomic mass is 16.5. The highest BCUT2D eigenvalue weighted by molar-refractivity contribution is 5.90. The Kier molecular flexibility index (Phi) is 4.61. The first kappa shape index (κ1) is 14.6. The van der Waals surface area contributed by atoms with Gasteiger partial charge in [0, 0.05) is 11.4 Å². The summed E-state index contributed by atoms with van der Waals surface area (Å²) in [4.78, 5) is 19.7. The Morgan fingerprint density at radius 1 is 1.19 bits per heavy atom. The van der Waals surface area contributed by atoms with Crippen LogP contribution in [0.2, 0.25) is 0 Å². The van der Waals surface area contributed by atoms with Crippen molar-refractivity contribution < 1.29 is 9.53 Å². The number of hydrogen-bond donors (Lipinski definition) is 1. The molecule has 0 radical (unpaired) electrons. The molecule has 0 spiro atoms. The maximum Gasteiger partial charge on any atom is 0.337 e. The molecule has 108 valence electrons. The highest BCUT2D eigenvalue weighted by Gasteiger charge is 2.03. The summed E-state index contributed by atoms with van der Waals surface area (Å²) < 4.78 is 4.64. The number of methoxy groups -OCH3 is 1. The van der Waals surface area contributed by atoms with Gasteiger partial charge in [0.2, 0.25) is 5.95 Å². The van der Waals surface area contributed by atoms with Crippen molar-refractivity contribution in [2.24, 2.45) is 5.10 Å². The predicted molar refractivity (Wildman–Crippen MR) is 80.5 cm³/mol. The van der Waals surface area contributed by atoms with E-state index in [0.29, 0.717) is 11.5 Å². The molecule has 0 aliphatic rings. The fourth-order valence-corrected chi connectivity index (χ4v) is 1.76. The summed E-state index contributed by atoms with van der Waals surface area (Å²) in [6.07, 6.45) is 1.63. The Hall–Kier alpha value is -2.76. The maximum absolute atomic E-state index is 11.3. The van der Waals surface area contributed by atoms with Crippen LogP contribution >= 0.6 is 0 Å². The minimum Gasteiger partial charge on any atom is -0.465 e. The minimum absolute atomic E-state index is 0.361. The zero-order valence-corrected chi connectivity index (χ0v) is 12.1. The van der Waals surface area contributed by atoms with Crippen molar-refractivity contribution in [3.8, 4) is 0 Å². The van der Waals surface area contributed by atoms with Gasteiger partial charge in [-0.25, -0.2) is 20.2 Å². The van der Waals surface area contributed by atoms with E-state index in [1.807, 2.05) is 19.9 Å². The lowest BCUT2D eigenvalue weighted by atomic mass is 10.1. The number of nitrogens with zero attached hydrogens (tertiary/aromatic N) is 3. The van der Waals surface area contributed by atoms with Crippen LogP contribution in [0.25, 0.3) is 0 Å². The highest BCUT2D eigenvalue weighted by Crippen LogP contribution is 2.05. The summed E-state index contributed by atoms with van der Waals surface area (Å²) in [5.41, 5.74) is 5.88. The molecular weight excluding hydrogens is 268 g/mol. The second-order valence-electron chi connectivity index (χ2n) is 4.46. The van der Waals surface area contributed by atoms with Crippen molar-refractivity contribution in [2.45, 2.75) is 13.8 Å². The van der Waals surface area contributed by atoms with Crippen LogP contribution in [-0.4, -0.2) is 29.3 Å². The molecule has 1 aromatic carbocycles. The quantitative estimate of drug-likeness (QED) is 0.529. The molecule has 2 aromatic rings. The third-order valence-corrected chi connectivity index (χ3v) is 2.69. The smallest absolute Gasteiger partial charge is 0.337 e. The number of nitrogens with one attached hydrogen (secondary N) is 1. The van der Waals surface area contributed by atoms with E-state index in [4.69, 9.17) is 0 Å². The molecule has 0 aliphatic carbocycles. The predicted octanol–water partition coefficient (Wildman–Crippen LogP) is 2.33. The van der Waals surface area contributed by atoms with Gasteiger partial charge in [0.1, 0.15) is 0 Å². The molecule has 0 unspecified atom stereocenters. The lowest BCUT2D eigenvalue weighted by Crippen LogP contribution is -2.01. The van der Waals surface area contributed by atoms with E-state index >= 15 is 0 Å². The van der Waals surface area contributed by atoms with Gasteiger partial charge in [-0.2, -0.15) is 5.10 Å². The normalized spacial score (nSPS) is 10.6. The molecular formula is C15H16N4O2. The van der Waals surface area contributed by atoms with Gasteiger partial charge in [0.05, 0.1) is 18.9 Å². The molecule has 1 heterocycles. The first-order valence-corrected chi connectivity index (χ1v) is 6.38. The van der Waals surface area contributed by atoms with Gasteiger partial charge in [-0.3, -0.25) is 0 Å². The van der Waals surface area contributed by atoms with Crippen molar-refractivity contribution in [3.05, 3.63) is 52.8 Å². The molecule has 6 heteroatoms. The van der Waals surface area contributed by atoms with E-state index in [2.05, 4.69) is 25.2 Å². The topological polar surface area (TPSA) is 76.5 Å². The average Bonchev–Trinajstić information content (AvgIpc) is 2.46. The summed E-state index contributed by atoms with van der Waals surface area (Å²) in [5.74, 6) is 0.0928. The molecule has 0 saturated carbocycles. The number of carbonyl (C=O) groups is 1. The number of benzene rings is 1. The number of aromatic nitrogens is 2. The van der Waals surface area contributed by atoms with E-state index in [-0.39, 0.29) is 5.97 Å². The number of rotatable bonds is 4. The fraction of sp³-hybridized carbons (Fsp3) is 0.200. The maximum atomic E-state index is 11.3. The van der Waals surface area contributed by atoms with E-state index in [9.17, 15) is 4.79 Å². The Bertz CT molecular complexity index is 646. The van der Waals surface area contributed by atoms with Crippen LogP contribution in [0.5, 0.6) is 0 Å². The Balaban J connectivity index is 2.02. The van der Waals surface area contributed by atoms with Gasteiger partial charge < -0.3 is 4.74 Å². The average molecular weight is 284 g/mol. The van der Waals surface area contributed by atoms with Crippen LogP contribution in [-0.2, 0) is 4.74 Å². The number of aryl methyl sites for hydroxylation is 2. The van der Waals surface area contributed by atoms with Gasteiger partial charge in [-0.15, -0.1) is 0 Å². The van der Waals surface area contributed by atoms with E-state index in [1.54, 1.807) is 30.5 Å². The number of esters is 1. The number of hydrogen-bond acceptors (Lipinski definition) is 6. The van der Waals surface area contributed by atoms with Crippen molar-refractivity contribution in [2.75, 3.05) is 12.5 Å². The van der Waals surface area contributed by atoms with E-state index in [1.165, 1.54) is 7.11 Å². The third kappa shape index (κ3) is 4.10. The standard InChI is InChI=1S/C15H16N4O2/c1-10-8-11(2)18-15(17-10)19-16-9-12-4-6-13(7-5-12)14(20)21-3/h4-9H,1-3H3,(H,17,18,19). The lowest BCUT2D eigenvalue weighted by Gasteiger charge is -2.02. The van der Waals surface area contributed by atoms with Crippen molar-refractivity contribution in [1.82, 2.24) is 9.97 Å². The molecule has 21 heavy (non-hydrogen) atoms. The van der Waals surface area contributed by atoms with E-state index < -0.39 is 0 Å². The molecule has 0 fully saturated rings. The molecule has 1 aromatic heterocycles. The minimum atomic E-state index is -0.361. The molecule has 1 N–H and O–H groups in total. The van der Waals surface area contributed by atoms with Crippen LogP contribution < -0.4 is 5.43 Å². The summed E-state index contributed by atoms with van der Waals surface area (Å²) in [6.45, 7) is 3.80. The Morgan fingerprint density at radius 3 is 2.38 bits per heavy atom. The van der Waals surface area contributed by atoms with Crippen LogP contribution in [0.1, 0.15) is 27.3 Å². The molecule has 2 rings (SSSR count). The van der Waals surface area contributed by atoms with Crippen LogP contribution in [0.15, 0.2) is 35.4 Å². The van der Waals surface area contributed by atoms with Crippen molar-refractivity contribution >= 4 is 18.1 Å². The van der Waals surface area contributed by atoms with Gasteiger partial charge in [0.15, 0.2) is 0 Å². The molecule has 6 nitrogen and oxygen atoms in total. The van der Waals surface area contributed by atoms with Gasteiger partial charge in [-0.05, 0) is 37.6 Å². The Labute approximate surface area is 122 Å². The summed E-state index contributed by atoms with van der Waals surface area (Å²) in [5, 5.41) is 4.07.